The van der Waals surface area contributed by atoms with Crippen LogP contribution in [0.4, 0.5) is 22.0 Å². The van der Waals surface area contributed by atoms with Gasteiger partial charge in [0.1, 0.15) is 39.9 Å². The van der Waals surface area contributed by atoms with Gasteiger partial charge >= 0.3 is 11.8 Å². The molecule has 62 heavy (non-hydrogen) atoms. The normalized spacial score (nSPS) is 15.6. The van der Waals surface area contributed by atoms with E-state index in [9.17, 15) is 0 Å². The third-order valence-corrected chi connectivity index (χ3v) is 20.3. The van der Waals surface area contributed by atoms with E-state index in [1.807, 2.05) is 182 Å². The van der Waals surface area contributed by atoms with Crippen molar-refractivity contribution < 1.29 is 22.0 Å². The van der Waals surface area contributed by atoms with Gasteiger partial charge in [-0.25, -0.2) is 4.39 Å². The Morgan fingerprint density at radius 3 is 0.984 bits per heavy atom. The standard InChI is InChI=1S/C55H40F5P2/c56-51-49(52(41-25-9-1-10-26-41)61(43-29-13-3-14-30-43,44-31-15-4-16-32-44)45-33-17-5-18-34-45)54(57,58)55(59,60)50(51)53(42-27-11-2-12-28-42)62(46-35-19-6-20-36-46,47-37-21-7-22-38-47)48-39-23-8-24-40-48/h1-40H/q+1/b52-49+. The minimum atomic E-state index is -5.04. The second-order valence-corrected chi connectivity index (χ2v) is 21.7. The molecular weight excluding hydrogens is 818 g/mol. The molecule has 9 rings (SSSR count). The number of rotatable bonds is 10. The second kappa shape index (κ2) is 16.8. The van der Waals surface area contributed by atoms with Crippen molar-refractivity contribution in [3.63, 3.8) is 0 Å². The van der Waals surface area contributed by atoms with Crippen LogP contribution in [0.2, 0.25) is 0 Å². The van der Waals surface area contributed by atoms with E-state index in [1.54, 1.807) is 60.7 Å². The van der Waals surface area contributed by atoms with Crippen molar-refractivity contribution in [1.82, 2.24) is 0 Å². The van der Waals surface area contributed by atoms with Gasteiger partial charge in [0.15, 0.2) is 0 Å². The van der Waals surface area contributed by atoms with Crippen LogP contribution in [0.3, 0.4) is 0 Å². The molecule has 0 unspecified atom stereocenters. The molecule has 0 saturated heterocycles. The molecule has 0 aliphatic heterocycles. The van der Waals surface area contributed by atoms with Crippen molar-refractivity contribution in [3.8, 4) is 0 Å². The highest BCUT2D eigenvalue weighted by atomic mass is 31.2. The summed E-state index contributed by atoms with van der Waals surface area (Å²) in [6.07, 6.45) is 0. The van der Waals surface area contributed by atoms with Crippen LogP contribution in [-0.2, 0) is 0 Å². The first kappa shape index (κ1) is 41.0. The Kier molecular flexibility index (Phi) is 11.1. The number of benzene rings is 8. The zero-order valence-corrected chi connectivity index (χ0v) is 35.2. The highest BCUT2D eigenvalue weighted by molar-refractivity contribution is 8.03. The van der Waals surface area contributed by atoms with Crippen molar-refractivity contribution in [1.29, 1.82) is 0 Å². The molecule has 0 heterocycles. The monoisotopic (exact) mass is 857 g/mol. The summed E-state index contributed by atoms with van der Waals surface area (Å²) in [4.78, 5) is 0. The Hall–Kier alpha value is -6.38. The fourth-order valence-electron chi connectivity index (χ4n) is 9.00. The van der Waals surface area contributed by atoms with E-state index in [2.05, 4.69) is 0 Å². The first-order chi connectivity index (χ1) is 30.2. The molecule has 1 aliphatic rings. The van der Waals surface area contributed by atoms with Crippen LogP contribution in [0.15, 0.2) is 260 Å². The first-order valence-electron chi connectivity index (χ1n) is 20.3. The molecule has 0 nitrogen and oxygen atoms in total. The minimum absolute atomic E-state index is 0.172. The van der Waals surface area contributed by atoms with Gasteiger partial charge in [0.25, 0.3) is 0 Å². The van der Waals surface area contributed by atoms with E-state index in [0.29, 0.717) is 31.8 Å². The fraction of sp³-hybridized carbons (Fsp3) is 0.0364. The molecule has 8 aromatic carbocycles. The average molecular weight is 858 g/mol. The van der Waals surface area contributed by atoms with E-state index in [-0.39, 0.29) is 21.7 Å². The molecule has 7 heteroatoms. The van der Waals surface area contributed by atoms with Gasteiger partial charge in [-0.2, -0.15) is 17.6 Å². The summed E-state index contributed by atoms with van der Waals surface area (Å²) < 4.78 is 92.3. The van der Waals surface area contributed by atoms with Crippen LogP contribution in [0.5, 0.6) is 0 Å². The average Bonchev–Trinajstić information content (AvgIpc) is 3.47. The van der Waals surface area contributed by atoms with Crippen LogP contribution < -0.4 is 31.8 Å². The van der Waals surface area contributed by atoms with Gasteiger partial charge < -0.3 is 0 Å². The predicted molar refractivity (Wildman–Crippen MR) is 252 cm³/mol. The molecule has 0 aromatic heterocycles. The third kappa shape index (κ3) is 6.54. The number of alkyl halides is 4. The Bertz CT molecular complexity index is 2720. The maximum Gasteiger partial charge on any atom is 0.346 e. The molecule has 0 N–H and O–H groups in total. The van der Waals surface area contributed by atoms with E-state index >= 15 is 22.0 Å². The van der Waals surface area contributed by atoms with Crippen LogP contribution in [0, 0.1) is 0 Å². The molecule has 0 spiro atoms. The highest BCUT2D eigenvalue weighted by Crippen LogP contribution is 2.72. The maximum atomic E-state index is 19.1. The summed E-state index contributed by atoms with van der Waals surface area (Å²) in [7, 11) is -3.66. The molecule has 304 valence electrons. The van der Waals surface area contributed by atoms with Crippen molar-refractivity contribution in [3.05, 3.63) is 271 Å². The third-order valence-electron chi connectivity index (χ3n) is 11.6. The van der Waals surface area contributed by atoms with Gasteiger partial charge in [-0.05, 0) is 64.8 Å². The summed E-state index contributed by atoms with van der Waals surface area (Å²) in [5.74, 6) is -11.7. The molecular formula is C55H40F5P2+. The van der Waals surface area contributed by atoms with Gasteiger partial charge in [-0.15, -0.1) is 0 Å². The van der Waals surface area contributed by atoms with E-state index in [0.717, 1.165) is 0 Å². The first-order valence-corrected chi connectivity index (χ1v) is 23.8. The molecule has 8 aromatic rings. The number of hydrogen-bond acceptors (Lipinski definition) is 0. The molecule has 1 aliphatic carbocycles. The second-order valence-electron chi connectivity index (χ2n) is 15.0. The van der Waals surface area contributed by atoms with Crippen molar-refractivity contribution in [2.75, 3.05) is 0 Å². The fourth-order valence-corrected chi connectivity index (χ4v) is 18.3. The van der Waals surface area contributed by atoms with E-state index in [1.165, 1.54) is 0 Å². The Balaban J connectivity index is 1.59. The van der Waals surface area contributed by atoms with Gasteiger partial charge in [0.2, 0.25) is 0 Å². The molecule has 0 amide bonds. The van der Waals surface area contributed by atoms with Gasteiger partial charge in [0.05, 0.1) is 5.57 Å². The van der Waals surface area contributed by atoms with E-state index in [4.69, 9.17) is 0 Å². The summed E-state index contributed by atoms with van der Waals surface area (Å²) in [5.41, 5.74) is -2.19. The van der Waals surface area contributed by atoms with Crippen LogP contribution in [-0.4, -0.2) is 17.1 Å². The van der Waals surface area contributed by atoms with Crippen molar-refractivity contribution in [2.24, 2.45) is 0 Å². The number of halogens is 5. The van der Waals surface area contributed by atoms with E-state index < -0.39 is 43.0 Å². The lowest BCUT2D eigenvalue weighted by molar-refractivity contribution is -0.147. The lowest BCUT2D eigenvalue weighted by Gasteiger charge is -2.35. The molecule has 0 radical (unpaired) electrons. The summed E-state index contributed by atoms with van der Waals surface area (Å²) in [6.45, 7) is -3.66. The smallest absolute Gasteiger partial charge is 0.206 e. The lowest BCUT2D eigenvalue weighted by atomic mass is 10.00. The Morgan fingerprint density at radius 2 is 0.645 bits per heavy atom. The van der Waals surface area contributed by atoms with Crippen LogP contribution in [0.25, 0.3) is 5.31 Å². The summed E-state index contributed by atoms with van der Waals surface area (Å²) in [5, 5.41) is 3.30. The Labute approximate surface area is 359 Å². The molecule has 0 saturated carbocycles. The van der Waals surface area contributed by atoms with Gasteiger partial charge in [-0.3, -0.25) is 0 Å². The predicted octanol–water partition coefficient (Wildman–Crippen LogP) is 12.1. The highest BCUT2D eigenvalue weighted by Gasteiger charge is 2.72. The minimum Gasteiger partial charge on any atom is -0.206 e. The Morgan fingerprint density at radius 1 is 0.355 bits per heavy atom. The van der Waals surface area contributed by atoms with Gasteiger partial charge in [-0.1, -0.05) is 206 Å². The maximum absolute atomic E-state index is 19.1. The largest absolute Gasteiger partial charge is 0.346 e. The zero-order valence-electron chi connectivity index (χ0n) is 33.4. The molecule has 0 atom stereocenters. The lowest BCUT2D eigenvalue weighted by Crippen LogP contribution is -2.43. The van der Waals surface area contributed by atoms with Crippen molar-refractivity contribution in [2.45, 2.75) is 11.8 Å². The van der Waals surface area contributed by atoms with Gasteiger partial charge in [0, 0.05) is 10.9 Å². The molecule has 0 bridgehead atoms. The zero-order chi connectivity index (χ0) is 42.8. The molecule has 0 fully saturated rings. The summed E-state index contributed by atoms with van der Waals surface area (Å²) >= 11 is 0. The van der Waals surface area contributed by atoms with Crippen LogP contribution >= 0.6 is 14.1 Å². The van der Waals surface area contributed by atoms with Crippen LogP contribution in [0.1, 0.15) is 11.1 Å². The number of allylic oxidation sites excluding steroid dienone is 3. The quantitative estimate of drug-likeness (QED) is 0.0949. The SMILES string of the molecule is FC1=C(C(c2ccccc2)=P(c2ccccc2)(c2ccccc2)c2ccccc2)C(F)(F)C(F)(F)/C1=C(\c1ccccc1)[P+](c1ccccc1)(c1ccccc1)c1ccccc1. The van der Waals surface area contributed by atoms with Crippen molar-refractivity contribution >= 4 is 56.6 Å². The number of hydrogen-bond donors (Lipinski definition) is 0. The summed E-state index contributed by atoms with van der Waals surface area (Å²) in [6, 6.07) is 71.3. The topological polar surface area (TPSA) is 0 Å².